The average molecular weight is 374 g/mol. The number of rotatable bonds is 3. The minimum atomic E-state index is -0.191. The van der Waals surface area contributed by atoms with Crippen molar-refractivity contribution in [1.29, 1.82) is 0 Å². The van der Waals surface area contributed by atoms with Crippen molar-refractivity contribution in [3.05, 3.63) is 35.6 Å². The minimum absolute atomic E-state index is 0.184. The number of nitrogens with zero attached hydrogens (tertiary/aromatic N) is 2. The summed E-state index contributed by atoms with van der Waals surface area (Å²) in [4.78, 5) is 17.7. The van der Waals surface area contributed by atoms with Crippen molar-refractivity contribution in [3.8, 4) is 0 Å². The van der Waals surface area contributed by atoms with Gasteiger partial charge in [-0.1, -0.05) is 18.6 Å². The summed E-state index contributed by atoms with van der Waals surface area (Å²) in [5, 5.41) is 0. The lowest BCUT2D eigenvalue weighted by molar-refractivity contribution is -0.138. The Bertz CT molecular complexity index is 635. The van der Waals surface area contributed by atoms with E-state index in [2.05, 4.69) is 9.80 Å². The van der Waals surface area contributed by atoms with Gasteiger partial charge in [0.2, 0.25) is 5.91 Å². The Labute approximate surface area is 161 Å². The van der Waals surface area contributed by atoms with Gasteiger partial charge in [-0.05, 0) is 61.6 Å². The number of fused-ring (bicyclic) bond motifs is 2. The second-order valence-corrected chi connectivity index (χ2v) is 8.78. The number of halogens is 1. The quantitative estimate of drug-likeness (QED) is 0.886. The number of benzene rings is 1. The third-order valence-corrected chi connectivity index (χ3v) is 6.98. The lowest BCUT2D eigenvalue weighted by Crippen LogP contribution is -2.50. The van der Waals surface area contributed by atoms with E-state index < -0.39 is 0 Å². The summed E-state index contributed by atoms with van der Waals surface area (Å²) in [5.74, 6) is 1.45. The Hall–Kier alpha value is -1.46. The first-order valence-electron chi connectivity index (χ1n) is 10.6. The van der Waals surface area contributed by atoms with Gasteiger partial charge in [-0.2, -0.15) is 0 Å². The van der Waals surface area contributed by atoms with E-state index in [0.29, 0.717) is 23.8 Å². The molecule has 1 aliphatic heterocycles. The van der Waals surface area contributed by atoms with Crippen LogP contribution >= 0.6 is 0 Å². The summed E-state index contributed by atoms with van der Waals surface area (Å²) in [7, 11) is 0. The fraction of sp³-hybridized carbons (Fsp3) is 0.682. The van der Waals surface area contributed by atoms with Crippen molar-refractivity contribution in [2.75, 3.05) is 26.2 Å². The number of hydrogen-bond donors (Lipinski definition) is 1. The van der Waals surface area contributed by atoms with Crippen LogP contribution in [0.3, 0.4) is 0 Å². The largest absolute Gasteiger partial charge is 0.341 e. The molecule has 3 aliphatic rings. The first-order chi connectivity index (χ1) is 13.1. The van der Waals surface area contributed by atoms with Gasteiger partial charge in [-0.25, -0.2) is 4.39 Å². The number of nitrogens with two attached hydrogens (primary N) is 1. The van der Waals surface area contributed by atoms with Gasteiger partial charge >= 0.3 is 0 Å². The van der Waals surface area contributed by atoms with Crippen molar-refractivity contribution in [2.24, 2.45) is 23.5 Å². The molecule has 0 spiro atoms. The van der Waals surface area contributed by atoms with Crippen molar-refractivity contribution in [2.45, 2.75) is 51.1 Å². The van der Waals surface area contributed by atoms with Crippen LogP contribution in [-0.2, 0) is 11.3 Å². The smallest absolute Gasteiger partial charge is 0.225 e. The van der Waals surface area contributed by atoms with Crippen LogP contribution < -0.4 is 5.73 Å². The summed E-state index contributed by atoms with van der Waals surface area (Å²) in [6.45, 7) is 4.36. The number of carbonyl (C=O) groups excluding carboxylic acids is 1. The maximum absolute atomic E-state index is 13.2. The van der Waals surface area contributed by atoms with Gasteiger partial charge in [0.25, 0.3) is 0 Å². The summed E-state index contributed by atoms with van der Waals surface area (Å²) in [6.07, 6.45) is 6.68. The molecule has 1 heterocycles. The molecule has 2 atom stereocenters. The predicted molar refractivity (Wildman–Crippen MR) is 104 cm³/mol. The van der Waals surface area contributed by atoms with Crippen LogP contribution in [0.15, 0.2) is 24.3 Å². The monoisotopic (exact) mass is 373 g/mol. The molecule has 2 saturated carbocycles. The topological polar surface area (TPSA) is 49.6 Å². The Morgan fingerprint density at radius 2 is 1.70 bits per heavy atom. The zero-order chi connectivity index (χ0) is 18.8. The summed E-state index contributed by atoms with van der Waals surface area (Å²) < 4.78 is 13.1. The molecule has 5 heteroatoms. The van der Waals surface area contributed by atoms with Gasteiger partial charge in [0, 0.05) is 44.7 Å². The first kappa shape index (κ1) is 18.9. The van der Waals surface area contributed by atoms with Crippen LogP contribution in [0.4, 0.5) is 4.39 Å². The molecule has 1 amide bonds. The number of amides is 1. The Balaban J connectivity index is 1.32. The van der Waals surface area contributed by atoms with Gasteiger partial charge in [0.15, 0.2) is 0 Å². The molecule has 2 aliphatic carbocycles. The highest BCUT2D eigenvalue weighted by molar-refractivity contribution is 5.79. The second-order valence-electron chi connectivity index (χ2n) is 8.78. The highest BCUT2D eigenvalue weighted by Crippen LogP contribution is 2.42. The zero-order valence-electron chi connectivity index (χ0n) is 16.2. The standard InChI is InChI=1S/C22H32FN3O/c23-20-7-5-16(6-8-20)15-25-9-2-10-26(12-11-25)22(27)19-13-17-3-1-4-18(14-19)21(17)24/h5-8,17-19,21H,1-4,9-15,24H2. The summed E-state index contributed by atoms with van der Waals surface area (Å²) >= 11 is 0. The van der Waals surface area contributed by atoms with Crippen LogP contribution in [-0.4, -0.2) is 47.9 Å². The highest BCUT2D eigenvalue weighted by atomic mass is 19.1. The van der Waals surface area contributed by atoms with Gasteiger partial charge in [0.1, 0.15) is 5.82 Å². The highest BCUT2D eigenvalue weighted by Gasteiger charge is 2.41. The van der Waals surface area contributed by atoms with Crippen molar-refractivity contribution in [3.63, 3.8) is 0 Å². The summed E-state index contributed by atoms with van der Waals surface area (Å²) in [6, 6.07) is 7.07. The normalized spacial score (nSPS) is 32.1. The molecule has 4 rings (SSSR count). The number of hydrogen-bond acceptors (Lipinski definition) is 3. The summed E-state index contributed by atoms with van der Waals surface area (Å²) in [5.41, 5.74) is 7.53. The molecule has 1 saturated heterocycles. The van der Waals surface area contributed by atoms with E-state index in [0.717, 1.165) is 57.5 Å². The van der Waals surface area contributed by atoms with Crippen LogP contribution in [0.5, 0.6) is 0 Å². The van der Waals surface area contributed by atoms with Crippen molar-refractivity contribution >= 4 is 5.91 Å². The van der Waals surface area contributed by atoms with Gasteiger partial charge in [0.05, 0.1) is 0 Å². The van der Waals surface area contributed by atoms with E-state index in [1.54, 1.807) is 0 Å². The number of carbonyl (C=O) groups is 1. The lowest BCUT2D eigenvalue weighted by Gasteiger charge is -2.44. The van der Waals surface area contributed by atoms with Gasteiger partial charge in [-0.15, -0.1) is 0 Å². The molecule has 4 nitrogen and oxygen atoms in total. The van der Waals surface area contributed by atoms with Crippen LogP contribution in [0.2, 0.25) is 0 Å². The third-order valence-electron chi connectivity index (χ3n) is 6.98. The molecule has 2 N–H and O–H groups in total. The van der Waals surface area contributed by atoms with E-state index >= 15 is 0 Å². The Morgan fingerprint density at radius 1 is 1.00 bits per heavy atom. The lowest BCUT2D eigenvalue weighted by atomic mass is 9.65. The van der Waals surface area contributed by atoms with E-state index in [1.165, 1.54) is 31.4 Å². The maximum Gasteiger partial charge on any atom is 0.225 e. The second kappa shape index (κ2) is 8.27. The fourth-order valence-corrected chi connectivity index (χ4v) is 5.45. The molecular formula is C22H32FN3O. The van der Waals surface area contributed by atoms with Crippen LogP contribution in [0.1, 0.15) is 44.1 Å². The fourth-order valence-electron chi connectivity index (χ4n) is 5.45. The average Bonchev–Trinajstić information content (AvgIpc) is 2.88. The van der Waals surface area contributed by atoms with Crippen molar-refractivity contribution in [1.82, 2.24) is 9.80 Å². The van der Waals surface area contributed by atoms with Crippen LogP contribution in [0, 0.1) is 23.6 Å². The van der Waals surface area contributed by atoms with E-state index in [-0.39, 0.29) is 11.7 Å². The molecule has 0 aromatic heterocycles. The van der Waals surface area contributed by atoms with E-state index in [9.17, 15) is 9.18 Å². The first-order valence-corrected chi connectivity index (χ1v) is 10.6. The zero-order valence-corrected chi connectivity index (χ0v) is 16.2. The molecule has 3 fully saturated rings. The molecule has 1 aromatic rings. The van der Waals surface area contributed by atoms with Crippen LogP contribution in [0.25, 0.3) is 0 Å². The predicted octanol–water partition coefficient (Wildman–Crippen LogP) is 3.01. The van der Waals surface area contributed by atoms with E-state index in [1.807, 2.05) is 12.1 Å². The Kier molecular flexibility index (Phi) is 5.79. The molecule has 148 valence electrons. The Morgan fingerprint density at radius 3 is 2.41 bits per heavy atom. The molecular weight excluding hydrogens is 341 g/mol. The van der Waals surface area contributed by atoms with Gasteiger partial charge < -0.3 is 10.6 Å². The van der Waals surface area contributed by atoms with Crippen molar-refractivity contribution < 1.29 is 9.18 Å². The van der Waals surface area contributed by atoms with E-state index in [4.69, 9.17) is 5.73 Å². The molecule has 0 radical (unpaired) electrons. The minimum Gasteiger partial charge on any atom is -0.341 e. The molecule has 1 aromatic carbocycles. The van der Waals surface area contributed by atoms with Gasteiger partial charge in [-0.3, -0.25) is 9.69 Å². The molecule has 2 bridgehead atoms. The molecule has 2 unspecified atom stereocenters. The SMILES string of the molecule is NC1C2CCCC1CC(C(=O)N1CCCN(Cc3ccc(F)cc3)CC1)C2. The molecule has 27 heavy (non-hydrogen) atoms. The third kappa shape index (κ3) is 4.35. The maximum atomic E-state index is 13.2.